The molecule has 0 spiro atoms. The minimum absolute atomic E-state index is 0.155. The van der Waals surface area contributed by atoms with Gasteiger partial charge in [-0.15, -0.1) is 0 Å². The molecular weight excluding hydrogens is 192 g/mol. The molecule has 0 saturated carbocycles. The Labute approximate surface area is 89.2 Å². The average molecular weight is 208 g/mol. The van der Waals surface area contributed by atoms with Gasteiger partial charge in [-0.3, -0.25) is 0 Å². The highest BCUT2D eigenvalue weighted by molar-refractivity contribution is 5.77. The molecule has 15 heavy (non-hydrogen) atoms. The van der Waals surface area contributed by atoms with Gasteiger partial charge in [-0.05, 0) is 31.5 Å². The minimum Gasteiger partial charge on any atom is -0.462 e. The fourth-order valence-corrected chi connectivity index (χ4v) is 1.15. The number of nitrogen functional groups attached to an aromatic ring is 1. The zero-order chi connectivity index (χ0) is 11.4. The van der Waals surface area contributed by atoms with Crippen LogP contribution in [-0.4, -0.2) is 12.1 Å². The van der Waals surface area contributed by atoms with Crippen LogP contribution < -0.4 is 11.5 Å². The van der Waals surface area contributed by atoms with Crippen LogP contribution in [0.5, 0.6) is 0 Å². The Morgan fingerprint density at radius 3 is 2.27 bits per heavy atom. The van der Waals surface area contributed by atoms with Gasteiger partial charge in [0.1, 0.15) is 6.04 Å². The summed E-state index contributed by atoms with van der Waals surface area (Å²) in [6, 6.07) is 6.12. The van der Waals surface area contributed by atoms with Crippen LogP contribution in [0.1, 0.15) is 25.5 Å². The number of hydrogen-bond acceptors (Lipinski definition) is 4. The molecular formula is C11H16N2O2. The van der Waals surface area contributed by atoms with E-state index in [1.54, 1.807) is 38.1 Å². The third-order valence-corrected chi connectivity index (χ3v) is 1.90. The van der Waals surface area contributed by atoms with Crippen molar-refractivity contribution >= 4 is 11.7 Å². The molecule has 0 aliphatic rings. The van der Waals surface area contributed by atoms with Crippen LogP contribution in [-0.2, 0) is 9.53 Å². The van der Waals surface area contributed by atoms with Crippen molar-refractivity contribution in [1.29, 1.82) is 0 Å². The third-order valence-electron chi connectivity index (χ3n) is 1.90. The van der Waals surface area contributed by atoms with Crippen molar-refractivity contribution in [2.75, 3.05) is 5.73 Å². The predicted octanol–water partition coefficient (Wildman–Crippen LogP) is 1.22. The summed E-state index contributed by atoms with van der Waals surface area (Å²) in [6.07, 6.45) is -0.155. The highest BCUT2D eigenvalue weighted by Gasteiger charge is 2.17. The highest BCUT2D eigenvalue weighted by Crippen LogP contribution is 2.14. The van der Waals surface area contributed by atoms with Crippen LogP contribution in [0.25, 0.3) is 0 Å². The highest BCUT2D eigenvalue weighted by atomic mass is 16.5. The number of benzene rings is 1. The summed E-state index contributed by atoms with van der Waals surface area (Å²) >= 11 is 0. The molecule has 0 aliphatic carbocycles. The Hall–Kier alpha value is -1.55. The lowest BCUT2D eigenvalue weighted by Gasteiger charge is -2.14. The quantitative estimate of drug-likeness (QED) is 0.578. The predicted molar refractivity (Wildman–Crippen MR) is 59.0 cm³/mol. The van der Waals surface area contributed by atoms with Crippen LogP contribution in [0.15, 0.2) is 24.3 Å². The van der Waals surface area contributed by atoms with Gasteiger partial charge in [0.2, 0.25) is 0 Å². The molecule has 1 atom stereocenters. The zero-order valence-corrected chi connectivity index (χ0v) is 8.94. The van der Waals surface area contributed by atoms with Crippen molar-refractivity contribution in [3.8, 4) is 0 Å². The molecule has 4 nitrogen and oxygen atoms in total. The summed E-state index contributed by atoms with van der Waals surface area (Å²) in [6.45, 7) is 3.57. The van der Waals surface area contributed by atoms with Crippen molar-refractivity contribution < 1.29 is 9.53 Å². The summed E-state index contributed by atoms with van der Waals surface area (Å²) in [5.74, 6) is -0.422. The molecule has 4 N–H and O–H groups in total. The largest absolute Gasteiger partial charge is 0.462 e. The Kier molecular flexibility index (Phi) is 3.68. The lowest BCUT2D eigenvalue weighted by Crippen LogP contribution is -2.26. The first-order valence-electron chi connectivity index (χ1n) is 4.82. The van der Waals surface area contributed by atoms with Gasteiger partial charge in [0.05, 0.1) is 6.10 Å². The second-order valence-corrected chi connectivity index (χ2v) is 3.63. The maximum Gasteiger partial charge on any atom is 0.327 e. The van der Waals surface area contributed by atoms with Crippen molar-refractivity contribution in [2.45, 2.75) is 26.0 Å². The number of nitrogens with two attached hydrogens (primary N) is 2. The third kappa shape index (κ3) is 3.25. The smallest absolute Gasteiger partial charge is 0.327 e. The summed E-state index contributed by atoms with van der Waals surface area (Å²) in [7, 11) is 0. The molecule has 82 valence electrons. The number of carbonyl (C=O) groups is 1. The number of carbonyl (C=O) groups excluding carboxylic acids is 1. The Morgan fingerprint density at radius 1 is 1.27 bits per heavy atom. The maximum absolute atomic E-state index is 11.5. The SMILES string of the molecule is CC(C)OC(=O)C(N)c1ccc(N)cc1. The monoisotopic (exact) mass is 208 g/mol. The molecule has 0 heterocycles. The van der Waals surface area contributed by atoms with Gasteiger partial charge in [-0.2, -0.15) is 0 Å². The van der Waals surface area contributed by atoms with Crippen molar-refractivity contribution in [2.24, 2.45) is 5.73 Å². The second-order valence-electron chi connectivity index (χ2n) is 3.63. The molecule has 0 radical (unpaired) electrons. The zero-order valence-electron chi connectivity index (χ0n) is 8.94. The van der Waals surface area contributed by atoms with Crippen molar-refractivity contribution in [3.63, 3.8) is 0 Å². The number of esters is 1. The number of hydrogen-bond donors (Lipinski definition) is 2. The van der Waals surface area contributed by atoms with E-state index in [4.69, 9.17) is 16.2 Å². The summed E-state index contributed by atoms with van der Waals surface area (Å²) in [5, 5.41) is 0. The molecule has 0 fully saturated rings. The van der Waals surface area contributed by atoms with Crippen LogP contribution in [0.2, 0.25) is 0 Å². The molecule has 0 amide bonds. The minimum atomic E-state index is -0.743. The first-order chi connectivity index (χ1) is 7.00. The van der Waals surface area contributed by atoms with E-state index >= 15 is 0 Å². The fourth-order valence-electron chi connectivity index (χ4n) is 1.15. The van der Waals surface area contributed by atoms with E-state index < -0.39 is 12.0 Å². The lowest BCUT2D eigenvalue weighted by atomic mass is 10.1. The standard InChI is InChI=1S/C11H16N2O2/c1-7(2)15-11(14)10(13)8-3-5-9(12)6-4-8/h3-7,10H,12-13H2,1-2H3. The van der Waals surface area contributed by atoms with Gasteiger partial charge in [0.25, 0.3) is 0 Å². The molecule has 4 heteroatoms. The van der Waals surface area contributed by atoms with Gasteiger partial charge >= 0.3 is 5.97 Å². The Morgan fingerprint density at radius 2 is 1.80 bits per heavy atom. The van der Waals surface area contributed by atoms with E-state index in [1.807, 2.05) is 0 Å². The van der Waals surface area contributed by atoms with E-state index in [0.717, 1.165) is 0 Å². The van der Waals surface area contributed by atoms with Crippen LogP contribution >= 0.6 is 0 Å². The van der Waals surface area contributed by atoms with E-state index in [-0.39, 0.29) is 6.10 Å². The van der Waals surface area contributed by atoms with Gasteiger partial charge in [0, 0.05) is 5.69 Å². The second kappa shape index (κ2) is 4.79. The number of anilines is 1. The first kappa shape index (κ1) is 11.5. The van der Waals surface area contributed by atoms with Crippen LogP contribution in [0.3, 0.4) is 0 Å². The van der Waals surface area contributed by atoms with Crippen molar-refractivity contribution in [1.82, 2.24) is 0 Å². The van der Waals surface area contributed by atoms with Gasteiger partial charge in [-0.1, -0.05) is 12.1 Å². The van der Waals surface area contributed by atoms with Crippen LogP contribution in [0, 0.1) is 0 Å². The number of ether oxygens (including phenoxy) is 1. The normalized spacial score (nSPS) is 12.5. The van der Waals surface area contributed by atoms with Crippen molar-refractivity contribution in [3.05, 3.63) is 29.8 Å². The molecule has 1 unspecified atom stereocenters. The molecule has 0 aromatic heterocycles. The van der Waals surface area contributed by atoms with Gasteiger partial charge in [-0.25, -0.2) is 4.79 Å². The molecule has 0 aliphatic heterocycles. The molecule has 1 aromatic rings. The maximum atomic E-state index is 11.5. The average Bonchev–Trinajstić information content (AvgIpc) is 2.17. The molecule has 1 aromatic carbocycles. The molecule has 0 saturated heterocycles. The first-order valence-corrected chi connectivity index (χ1v) is 4.82. The van der Waals surface area contributed by atoms with E-state index in [9.17, 15) is 4.79 Å². The van der Waals surface area contributed by atoms with E-state index in [0.29, 0.717) is 11.3 Å². The Bertz CT molecular complexity index is 333. The van der Waals surface area contributed by atoms with Crippen LogP contribution in [0.4, 0.5) is 5.69 Å². The summed E-state index contributed by atoms with van der Waals surface area (Å²) < 4.78 is 5.00. The van der Waals surface area contributed by atoms with Gasteiger partial charge < -0.3 is 16.2 Å². The Balaban J connectivity index is 2.71. The topological polar surface area (TPSA) is 78.3 Å². The summed E-state index contributed by atoms with van der Waals surface area (Å²) in [4.78, 5) is 11.5. The summed E-state index contributed by atoms with van der Waals surface area (Å²) in [5.41, 5.74) is 12.6. The lowest BCUT2D eigenvalue weighted by molar-refractivity contribution is -0.149. The fraction of sp³-hybridized carbons (Fsp3) is 0.364. The molecule has 0 bridgehead atoms. The number of rotatable bonds is 3. The van der Waals surface area contributed by atoms with E-state index in [1.165, 1.54) is 0 Å². The molecule has 1 rings (SSSR count). The van der Waals surface area contributed by atoms with Gasteiger partial charge in [0.15, 0.2) is 0 Å². The van der Waals surface area contributed by atoms with E-state index in [2.05, 4.69) is 0 Å².